The molecule has 2 aromatic heterocycles. The Labute approximate surface area is 123 Å². The van der Waals surface area contributed by atoms with Crippen molar-refractivity contribution in [2.75, 3.05) is 7.05 Å². The van der Waals surface area contributed by atoms with Crippen LogP contribution in [-0.4, -0.2) is 32.6 Å². The number of rotatable bonds is 6. The summed E-state index contributed by atoms with van der Waals surface area (Å²) < 4.78 is 7.49. The first-order valence-corrected chi connectivity index (χ1v) is 7.28. The summed E-state index contributed by atoms with van der Waals surface area (Å²) in [5.41, 5.74) is 0. The summed E-state index contributed by atoms with van der Waals surface area (Å²) in [6.07, 6.45) is 4.70. The van der Waals surface area contributed by atoms with Crippen LogP contribution in [-0.2, 0) is 17.9 Å². The normalized spacial score (nSPS) is 20.5. The van der Waals surface area contributed by atoms with Crippen LogP contribution < -0.4 is 0 Å². The third kappa shape index (κ3) is 3.32. The average Bonchev–Trinajstić information content (AvgIpc) is 2.89. The van der Waals surface area contributed by atoms with E-state index in [9.17, 15) is 4.79 Å². The monoisotopic (exact) mass is 288 g/mol. The van der Waals surface area contributed by atoms with E-state index in [4.69, 9.17) is 4.42 Å². The molecule has 1 saturated carbocycles. The Kier molecular flexibility index (Phi) is 3.77. The van der Waals surface area contributed by atoms with Crippen LogP contribution in [0.5, 0.6) is 0 Å². The number of furan rings is 1. The molecule has 0 bridgehead atoms. The molecule has 1 amide bonds. The lowest BCUT2D eigenvalue weighted by atomic mass is 10.3. The molecule has 0 saturated heterocycles. The molecule has 1 fully saturated rings. The summed E-state index contributed by atoms with van der Waals surface area (Å²) in [4.78, 5) is 17.6. The van der Waals surface area contributed by atoms with Crippen molar-refractivity contribution in [2.24, 2.45) is 5.92 Å². The van der Waals surface area contributed by atoms with Crippen molar-refractivity contribution in [1.29, 1.82) is 0 Å². The van der Waals surface area contributed by atoms with E-state index in [2.05, 4.69) is 17.0 Å². The number of nitrogens with zero attached hydrogens (tertiary/aromatic N) is 4. The van der Waals surface area contributed by atoms with Gasteiger partial charge in [-0.3, -0.25) is 9.48 Å². The summed E-state index contributed by atoms with van der Waals surface area (Å²) in [6.45, 7) is 3.29. The molecule has 0 radical (unpaired) electrons. The zero-order chi connectivity index (χ0) is 14.8. The third-order valence-electron chi connectivity index (χ3n) is 4.00. The van der Waals surface area contributed by atoms with Gasteiger partial charge in [0.1, 0.15) is 24.2 Å². The van der Waals surface area contributed by atoms with E-state index < -0.39 is 0 Å². The van der Waals surface area contributed by atoms with Crippen molar-refractivity contribution in [1.82, 2.24) is 19.7 Å². The second-order valence-corrected chi connectivity index (χ2v) is 5.78. The summed E-state index contributed by atoms with van der Waals surface area (Å²) >= 11 is 0. The van der Waals surface area contributed by atoms with E-state index >= 15 is 0 Å². The average molecular weight is 288 g/mol. The highest BCUT2D eigenvalue weighted by atomic mass is 16.3. The van der Waals surface area contributed by atoms with Gasteiger partial charge >= 0.3 is 0 Å². The van der Waals surface area contributed by atoms with Gasteiger partial charge in [-0.05, 0) is 24.5 Å². The maximum absolute atomic E-state index is 12.1. The van der Waals surface area contributed by atoms with E-state index in [1.54, 1.807) is 23.0 Å². The number of aryl methyl sites for hydroxylation is 1. The summed E-state index contributed by atoms with van der Waals surface area (Å²) in [5.74, 6) is 3.28. The molecule has 1 aliphatic carbocycles. The van der Waals surface area contributed by atoms with Crippen molar-refractivity contribution in [3.05, 3.63) is 36.3 Å². The number of hydrogen-bond acceptors (Lipinski definition) is 4. The molecule has 0 spiro atoms. The summed E-state index contributed by atoms with van der Waals surface area (Å²) in [7, 11) is 1.80. The molecule has 0 unspecified atom stereocenters. The minimum atomic E-state index is 0.0724. The number of carbonyl (C=O) groups is 1. The number of amides is 1. The molecular formula is C15H20N4O2. The fourth-order valence-electron chi connectivity index (χ4n) is 2.47. The van der Waals surface area contributed by atoms with Crippen molar-refractivity contribution < 1.29 is 9.21 Å². The Morgan fingerprint density at radius 2 is 2.33 bits per heavy atom. The third-order valence-corrected chi connectivity index (χ3v) is 4.00. The van der Waals surface area contributed by atoms with Gasteiger partial charge in [-0.2, -0.15) is 5.10 Å². The van der Waals surface area contributed by atoms with Gasteiger partial charge in [0.05, 0.1) is 13.1 Å². The lowest BCUT2D eigenvalue weighted by molar-refractivity contribution is -0.130. The Morgan fingerprint density at radius 1 is 1.52 bits per heavy atom. The van der Waals surface area contributed by atoms with Gasteiger partial charge in [0, 0.05) is 19.4 Å². The molecule has 0 aliphatic heterocycles. The summed E-state index contributed by atoms with van der Waals surface area (Å²) in [5, 5.41) is 3.98. The first-order valence-electron chi connectivity index (χ1n) is 7.28. The van der Waals surface area contributed by atoms with Crippen molar-refractivity contribution in [3.8, 4) is 0 Å². The standard InChI is InChI=1S/C15H20N4O2/c1-11-7-13(11)14-4-3-12(21-14)8-18(2)15(20)5-6-19-10-16-9-17-19/h3-4,9-11,13H,5-8H2,1-2H3/t11-,13+/m0/s1. The maximum atomic E-state index is 12.1. The van der Waals surface area contributed by atoms with Crippen LogP contribution in [0, 0.1) is 5.92 Å². The minimum Gasteiger partial charge on any atom is -0.464 e. The van der Waals surface area contributed by atoms with E-state index in [1.807, 2.05) is 12.1 Å². The van der Waals surface area contributed by atoms with Gasteiger partial charge in [0.25, 0.3) is 0 Å². The molecule has 0 aromatic carbocycles. The van der Waals surface area contributed by atoms with Crippen LogP contribution in [0.1, 0.15) is 37.2 Å². The highest BCUT2D eigenvalue weighted by molar-refractivity contribution is 5.75. The van der Waals surface area contributed by atoms with Crippen LogP contribution in [0.3, 0.4) is 0 Å². The highest BCUT2D eigenvalue weighted by Crippen LogP contribution is 2.47. The first kappa shape index (κ1) is 13.9. The van der Waals surface area contributed by atoms with Gasteiger partial charge in [-0.15, -0.1) is 0 Å². The molecule has 21 heavy (non-hydrogen) atoms. The zero-order valence-corrected chi connectivity index (χ0v) is 12.4. The number of hydrogen-bond donors (Lipinski definition) is 0. The van der Waals surface area contributed by atoms with Crippen LogP contribution in [0.15, 0.2) is 29.2 Å². The second kappa shape index (κ2) is 5.71. The highest BCUT2D eigenvalue weighted by Gasteiger charge is 2.36. The van der Waals surface area contributed by atoms with Gasteiger partial charge in [-0.25, -0.2) is 4.98 Å². The molecular weight excluding hydrogens is 268 g/mol. The quantitative estimate of drug-likeness (QED) is 0.816. The molecule has 3 rings (SSSR count). The molecule has 6 nitrogen and oxygen atoms in total. The van der Waals surface area contributed by atoms with Crippen molar-refractivity contribution in [3.63, 3.8) is 0 Å². The molecule has 2 atom stereocenters. The lowest BCUT2D eigenvalue weighted by Crippen LogP contribution is -2.26. The number of aromatic nitrogens is 3. The van der Waals surface area contributed by atoms with Gasteiger partial charge in [0.15, 0.2) is 0 Å². The van der Waals surface area contributed by atoms with E-state index in [-0.39, 0.29) is 5.91 Å². The minimum absolute atomic E-state index is 0.0724. The topological polar surface area (TPSA) is 64.2 Å². The maximum Gasteiger partial charge on any atom is 0.224 e. The Hall–Kier alpha value is -2.11. The lowest BCUT2D eigenvalue weighted by Gasteiger charge is -2.15. The number of carbonyl (C=O) groups excluding carboxylic acids is 1. The zero-order valence-electron chi connectivity index (χ0n) is 12.4. The van der Waals surface area contributed by atoms with Gasteiger partial charge in [-0.1, -0.05) is 6.92 Å². The van der Waals surface area contributed by atoms with Crippen LogP contribution in [0.4, 0.5) is 0 Å². The SMILES string of the molecule is C[C@H]1C[C@H]1c1ccc(CN(C)C(=O)CCn2cncn2)o1. The molecule has 6 heteroatoms. The first-order chi connectivity index (χ1) is 10.1. The molecule has 2 aromatic rings. The predicted molar refractivity (Wildman–Crippen MR) is 76.3 cm³/mol. The molecule has 2 heterocycles. The van der Waals surface area contributed by atoms with Crippen LogP contribution in [0.2, 0.25) is 0 Å². The smallest absolute Gasteiger partial charge is 0.224 e. The summed E-state index contributed by atoms with van der Waals surface area (Å²) in [6, 6.07) is 4.01. The van der Waals surface area contributed by atoms with Gasteiger partial charge in [0.2, 0.25) is 5.91 Å². The van der Waals surface area contributed by atoms with Crippen molar-refractivity contribution >= 4 is 5.91 Å². The Morgan fingerprint density at radius 3 is 3.00 bits per heavy atom. The van der Waals surface area contributed by atoms with E-state index in [0.29, 0.717) is 25.4 Å². The van der Waals surface area contributed by atoms with E-state index in [0.717, 1.165) is 17.4 Å². The Balaban J connectivity index is 1.49. The second-order valence-electron chi connectivity index (χ2n) is 5.78. The largest absolute Gasteiger partial charge is 0.464 e. The predicted octanol–water partition coefficient (Wildman–Crippen LogP) is 2.04. The molecule has 112 valence electrons. The van der Waals surface area contributed by atoms with Crippen molar-refractivity contribution in [2.45, 2.75) is 38.8 Å². The van der Waals surface area contributed by atoms with Crippen LogP contribution in [0.25, 0.3) is 0 Å². The van der Waals surface area contributed by atoms with Crippen LogP contribution >= 0.6 is 0 Å². The fraction of sp³-hybridized carbons (Fsp3) is 0.533. The van der Waals surface area contributed by atoms with E-state index in [1.165, 1.54) is 12.7 Å². The molecule has 0 N–H and O–H groups in total. The van der Waals surface area contributed by atoms with Gasteiger partial charge < -0.3 is 9.32 Å². The molecule has 1 aliphatic rings. The Bertz CT molecular complexity index is 605. The fourth-order valence-corrected chi connectivity index (χ4v) is 2.47.